The molecule has 2 aliphatic heterocycles. The average Bonchev–Trinajstić information content (AvgIpc) is 3.30. The summed E-state index contributed by atoms with van der Waals surface area (Å²) in [5, 5.41) is 0. The summed E-state index contributed by atoms with van der Waals surface area (Å²) in [4.78, 5) is 10.5. The maximum atomic E-state index is 6.62. The average molecular weight is 537 g/mol. The van der Waals surface area contributed by atoms with E-state index in [0.29, 0.717) is 12.1 Å². The molecule has 224 valence electrons. The van der Waals surface area contributed by atoms with E-state index in [4.69, 9.17) is 9.47 Å². The largest absolute Gasteiger partial charge is 0.377 e. The molecule has 2 saturated heterocycles. The molecule has 3 rings (SSSR count). The van der Waals surface area contributed by atoms with Gasteiger partial charge in [0.15, 0.2) is 0 Å². The number of methoxy groups -OCH3 is 1. The standard InChI is InChI=1S/C32H64N4O2/c1-27(2,3)35-21-25(19-29(35,6)7)33(12)23-31(10,11)38-18-17-28(4,5)36-22-26(20-30(36,8)9)34(13)24-32(37-14)15-16-32/h25-26H,15-24H2,1-14H3. The Bertz CT molecular complexity index is 796. The van der Waals surface area contributed by atoms with Crippen LogP contribution in [0.15, 0.2) is 0 Å². The molecule has 38 heavy (non-hydrogen) atoms. The van der Waals surface area contributed by atoms with E-state index in [1.54, 1.807) is 0 Å². The van der Waals surface area contributed by atoms with Crippen molar-refractivity contribution in [1.29, 1.82) is 0 Å². The van der Waals surface area contributed by atoms with E-state index < -0.39 is 0 Å². The van der Waals surface area contributed by atoms with Crippen LogP contribution in [0, 0.1) is 0 Å². The molecule has 2 unspecified atom stereocenters. The number of likely N-dealkylation sites (tertiary alicyclic amines) is 2. The molecule has 6 heteroatoms. The minimum atomic E-state index is -0.174. The van der Waals surface area contributed by atoms with Gasteiger partial charge in [-0.25, -0.2) is 0 Å². The molecule has 2 heterocycles. The Morgan fingerprint density at radius 2 is 1.29 bits per heavy atom. The van der Waals surface area contributed by atoms with Gasteiger partial charge in [-0.15, -0.1) is 0 Å². The number of likely N-dealkylation sites (N-methyl/N-ethyl adjacent to an activating group) is 2. The fourth-order valence-electron chi connectivity index (χ4n) is 7.89. The van der Waals surface area contributed by atoms with Crippen molar-refractivity contribution in [3.63, 3.8) is 0 Å². The van der Waals surface area contributed by atoms with Crippen molar-refractivity contribution in [2.75, 3.05) is 54.0 Å². The molecule has 6 nitrogen and oxygen atoms in total. The molecule has 0 amide bonds. The molecule has 0 aromatic rings. The van der Waals surface area contributed by atoms with Gasteiger partial charge in [0.1, 0.15) is 0 Å². The summed E-state index contributed by atoms with van der Waals surface area (Å²) in [6, 6.07) is 1.14. The third kappa shape index (κ3) is 7.53. The Labute approximate surface area is 236 Å². The van der Waals surface area contributed by atoms with Crippen molar-refractivity contribution in [2.24, 2.45) is 0 Å². The van der Waals surface area contributed by atoms with E-state index in [0.717, 1.165) is 39.2 Å². The Kier molecular flexibility index (Phi) is 9.23. The number of nitrogens with zero attached hydrogens (tertiary/aromatic N) is 4. The molecule has 1 saturated carbocycles. The number of ether oxygens (including phenoxy) is 2. The smallest absolute Gasteiger partial charge is 0.0807 e. The topological polar surface area (TPSA) is 31.4 Å². The monoisotopic (exact) mass is 537 g/mol. The molecule has 1 aliphatic carbocycles. The molecule has 0 radical (unpaired) electrons. The van der Waals surface area contributed by atoms with Crippen molar-refractivity contribution in [2.45, 2.75) is 154 Å². The lowest BCUT2D eigenvalue weighted by Crippen LogP contribution is -2.53. The highest BCUT2D eigenvalue weighted by atomic mass is 16.5. The first-order valence-corrected chi connectivity index (χ1v) is 15.3. The van der Waals surface area contributed by atoms with Gasteiger partial charge in [0, 0.05) is 74.1 Å². The van der Waals surface area contributed by atoms with Crippen LogP contribution in [0.3, 0.4) is 0 Å². The van der Waals surface area contributed by atoms with E-state index in [2.05, 4.69) is 110 Å². The quantitative estimate of drug-likeness (QED) is 0.328. The molecular formula is C32H64N4O2. The molecule has 2 atom stereocenters. The summed E-state index contributed by atoms with van der Waals surface area (Å²) in [7, 11) is 6.47. The Hall–Kier alpha value is -0.240. The highest BCUT2D eigenvalue weighted by Gasteiger charge is 2.50. The summed E-state index contributed by atoms with van der Waals surface area (Å²) in [6.07, 6.45) is 5.85. The van der Waals surface area contributed by atoms with Crippen LogP contribution in [-0.2, 0) is 9.47 Å². The molecule has 0 aromatic carbocycles. The van der Waals surface area contributed by atoms with Gasteiger partial charge in [-0.05, 0) is 122 Å². The lowest BCUT2D eigenvalue weighted by atomic mass is 9.92. The van der Waals surface area contributed by atoms with Gasteiger partial charge in [0.2, 0.25) is 0 Å². The highest BCUT2D eigenvalue weighted by Crippen LogP contribution is 2.43. The van der Waals surface area contributed by atoms with Gasteiger partial charge in [-0.2, -0.15) is 0 Å². The van der Waals surface area contributed by atoms with Crippen molar-refractivity contribution >= 4 is 0 Å². The van der Waals surface area contributed by atoms with Crippen LogP contribution in [0.5, 0.6) is 0 Å². The first-order valence-electron chi connectivity index (χ1n) is 15.3. The third-order valence-corrected chi connectivity index (χ3v) is 10.1. The Balaban J connectivity index is 1.51. The Morgan fingerprint density at radius 1 is 0.789 bits per heavy atom. The summed E-state index contributed by atoms with van der Waals surface area (Å²) >= 11 is 0. The van der Waals surface area contributed by atoms with Crippen LogP contribution in [0.1, 0.15) is 108 Å². The summed E-state index contributed by atoms with van der Waals surface area (Å²) in [5.41, 5.74) is 0.624. The van der Waals surface area contributed by atoms with Gasteiger partial charge < -0.3 is 9.47 Å². The highest BCUT2D eigenvalue weighted by molar-refractivity contribution is 5.05. The zero-order chi connectivity index (χ0) is 28.9. The maximum Gasteiger partial charge on any atom is 0.0807 e. The lowest BCUT2D eigenvalue weighted by Gasteiger charge is -2.45. The number of hydrogen-bond acceptors (Lipinski definition) is 6. The van der Waals surface area contributed by atoms with E-state index in [1.807, 2.05) is 7.11 Å². The van der Waals surface area contributed by atoms with Gasteiger partial charge in [0.25, 0.3) is 0 Å². The third-order valence-electron chi connectivity index (χ3n) is 10.1. The van der Waals surface area contributed by atoms with E-state index in [9.17, 15) is 0 Å². The summed E-state index contributed by atoms with van der Waals surface area (Å²) < 4.78 is 12.4. The molecule has 0 N–H and O–H groups in total. The Morgan fingerprint density at radius 3 is 1.76 bits per heavy atom. The predicted molar refractivity (Wildman–Crippen MR) is 161 cm³/mol. The molecule has 0 spiro atoms. The fraction of sp³-hybridized carbons (Fsp3) is 1.00. The first kappa shape index (κ1) is 32.3. The second-order valence-corrected chi connectivity index (χ2v) is 16.6. The molecule has 0 aromatic heterocycles. The normalized spacial score (nSPS) is 28.1. The van der Waals surface area contributed by atoms with Crippen molar-refractivity contribution in [3.05, 3.63) is 0 Å². The number of hydrogen-bond donors (Lipinski definition) is 0. The molecule has 3 aliphatic rings. The van der Waals surface area contributed by atoms with E-state index >= 15 is 0 Å². The molecule has 3 fully saturated rings. The zero-order valence-electron chi connectivity index (χ0n) is 27.8. The minimum Gasteiger partial charge on any atom is -0.377 e. The van der Waals surface area contributed by atoms with Crippen molar-refractivity contribution in [3.8, 4) is 0 Å². The number of rotatable bonds is 12. The van der Waals surface area contributed by atoms with Crippen molar-refractivity contribution < 1.29 is 9.47 Å². The minimum absolute atomic E-state index is 0.0856. The van der Waals surface area contributed by atoms with Crippen LogP contribution >= 0.6 is 0 Å². The second-order valence-electron chi connectivity index (χ2n) is 16.6. The zero-order valence-corrected chi connectivity index (χ0v) is 27.8. The fourth-order valence-corrected chi connectivity index (χ4v) is 7.89. The van der Waals surface area contributed by atoms with Crippen LogP contribution in [0.2, 0.25) is 0 Å². The SMILES string of the molecule is COC1(CN(C)C2CN(C(C)(C)CCOC(C)(C)CN(C)C3CN(C(C)(C)C)C(C)(C)C3)C(C)(C)C2)CC1. The maximum absolute atomic E-state index is 6.62. The van der Waals surface area contributed by atoms with Gasteiger partial charge in [-0.3, -0.25) is 19.6 Å². The van der Waals surface area contributed by atoms with E-state index in [-0.39, 0.29) is 33.4 Å². The predicted octanol–water partition coefficient (Wildman–Crippen LogP) is 5.50. The van der Waals surface area contributed by atoms with Gasteiger partial charge in [0.05, 0.1) is 11.2 Å². The van der Waals surface area contributed by atoms with Gasteiger partial charge >= 0.3 is 0 Å². The molecule has 0 bridgehead atoms. The first-order chi connectivity index (χ1) is 17.1. The van der Waals surface area contributed by atoms with Crippen molar-refractivity contribution in [1.82, 2.24) is 19.6 Å². The van der Waals surface area contributed by atoms with Gasteiger partial charge in [-0.1, -0.05) is 0 Å². The van der Waals surface area contributed by atoms with Crippen LogP contribution < -0.4 is 0 Å². The summed E-state index contributed by atoms with van der Waals surface area (Å²) in [6.45, 7) is 31.1. The van der Waals surface area contributed by atoms with Crippen LogP contribution in [0.25, 0.3) is 0 Å². The van der Waals surface area contributed by atoms with E-state index in [1.165, 1.54) is 25.7 Å². The lowest BCUT2D eigenvalue weighted by molar-refractivity contribution is -0.0609. The van der Waals surface area contributed by atoms with Crippen LogP contribution in [0.4, 0.5) is 0 Å². The summed E-state index contributed by atoms with van der Waals surface area (Å²) in [5.74, 6) is 0. The van der Waals surface area contributed by atoms with Crippen LogP contribution in [-0.4, -0.2) is 119 Å². The molecular weight excluding hydrogens is 472 g/mol. The second kappa shape index (κ2) is 10.9.